The molecule has 3 nitrogen and oxygen atoms in total. The van der Waals surface area contributed by atoms with E-state index in [9.17, 15) is 4.79 Å². The minimum atomic E-state index is -0.707. The fraction of sp³-hybridized carbons (Fsp3) is 0.500. The second-order valence-corrected chi connectivity index (χ2v) is 4.82. The molecule has 0 radical (unpaired) electrons. The normalized spacial score (nSPS) is 34.9. The Balaban J connectivity index is 2.00. The van der Waals surface area contributed by atoms with Gasteiger partial charge in [-0.3, -0.25) is 0 Å². The number of hydrogen-bond acceptors (Lipinski definition) is 3. The maximum atomic E-state index is 12.0. The molecule has 3 heteroatoms. The third-order valence-corrected chi connectivity index (χ3v) is 4.02. The lowest BCUT2D eigenvalue weighted by molar-refractivity contribution is -0.147. The summed E-state index contributed by atoms with van der Waals surface area (Å²) in [6.07, 6.45) is 3.82. The van der Waals surface area contributed by atoms with Crippen LogP contribution in [-0.4, -0.2) is 18.7 Å². The number of fused-ring (bicyclic) bond motifs is 1. The molecule has 17 heavy (non-hydrogen) atoms. The van der Waals surface area contributed by atoms with Gasteiger partial charge in [-0.05, 0) is 31.2 Å². The number of methoxy groups -OCH3 is 1. The highest BCUT2D eigenvalue weighted by molar-refractivity contribution is 5.85. The van der Waals surface area contributed by atoms with Crippen molar-refractivity contribution < 1.29 is 14.3 Å². The van der Waals surface area contributed by atoms with Gasteiger partial charge in [0.05, 0.1) is 7.11 Å². The molecule has 1 aromatic rings. The van der Waals surface area contributed by atoms with Crippen molar-refractivity contribution in [3.05, 3.63) is 35.9 Å². The molecule has 1 heterocycles. The highest BCUT2D eigenvalue weighted by atomic mass is 16.7. The average Bonchev–Trinajstić information content (AvgIpc) is 3.11. The molecule has 1 aliphatic heterocycles. The maximum absolute atomic E-state index is 12.0. The summed E-state index contributed by atoms with van der Waals surface area (Å²) in [5.74, 6) is -0.221. The van der Waals surface area contributed by atoms with Gasteiger partial charge >= 0.3 is 5.97 Å². The molecule has 0 N–H and O–H groups in total. The largest absolute Gasteiger partial charge is 0.467 e. The predicted molar refractivity (Wildman–Crippen MR) is 62.4 cm³/mol. The van der Waals surface area contributed by atoms with E-state index in [1.165, 1.54) is 7.11 Å². The second kappa shape index (κ2) is 3.57. The molecular formula is C14H16O3. The van der Waals surface area contributed by atoms with Crippen LogP contribution in [0.3, 0.4) is 0 Å². The van der Waals surface area contributed by atoms with E-state index < -0.39 is 11.2 Å². The molecular weight excluding hydrogens is 216 g/mol. The molecule has 1 aliphatic carbocycles. The van der Waals surface area contributed by atoms with Crippen molar-refractivity contribution in [2.45, 2.75) is 36.9 Å². The molecule has 2 fully saturated rings. The lowest BCUT2D eigenvalue weighted by Crippen LogP contribution is -2.36. The molecule has 1 saturated carbocycles. The summed E-state index contributed by atoms with van der Waals surface area (Å²) < 4.78 is 10.8. The van der Waals surface area contributed by atoms with Crippen molar-refractivity contribution in [1.29, 1.82) is 0 Å². The van der Waals surface area contributed by atoms with Crippen LogP contribution in [0.15, 0.2) is 30.3 Å². The highest BCUT2D eigenvalue weighted by Gasteiger charge is 2.76. The first-order valence-corrected chi connectivity index (χ1v) is 6.09. The van der Waals surface area contributed by atoms with Crippen molar-refractivity contribution >= 4 is 5.97 Å². The Hall–Kier alpha value is -1.35. The van der Waals surface area contributed by atoms with Crippen LogP contribution < -0.4 is 0 Å². The minimum absolute atomic E-state index is 0.221. The third-order valence-electron chi connectivity index (χ3n) is 4.02. The summed E-state index contributed by atoms with van der Waals surface area (Å²) >= 11 is 0. The van der Waals surface area contributed by atoms with Crippen LogP contribution in [0.4, 0.5) is 0 Å². The molecule has 0 amide bonds. The topological polar surface area (TPSA) is 38.8 Å². The summed E-state index contributed by atoms with van der Waals surface area (Å²) in [4.78, 5) is 12.0. The summed E-state index contributed by atoms with van der Waals surface area (Å²) in [6.45, 7) is 0. The molecule has 90 valence electrons. The van der Waals surface area contributed by atoms with Gasteiger partial charge < -0.3 is 9.47 Å². The van der Waals surface area contributed by atoms with Gasteiger partial charge in [-0.1, -0.05) is 30.3 Å². The van der Waals surface area contributed by atoms with E-state index in [4.69, 9.17) is 9.47 Å². The molecule has 2 unspecified atom stereocenters. The first-order valence-electron chi connectivity index (χ1n) is 6.09. The van der Waals surface area contributed by atoms with E-state index >= 15 is 0 Å². The number of carbonyl (C=O) groups excluding carboxylic acids is 1. The van der Waals surface area contributed by atoms with E-state index in [0.29, 0.717) is 0 Å². The maximum Gasteiger partial charge on any atom is 0.341 e. The van der Waals surface area contributed by atoms with Crippen molar-refractivity contribution in [1.82, 2.24) is 0 Å². The Morgan fingerprint density at radius 3 is 2.65 bits per heavy atom. The minimum Gasteiger partial charge on any atom is -0.467 e. The predicted octanol–water partition coefficient (Wildman–Crippen LogP) is 2.40. The van der Waals surface area contributed by atoms with E-state index in [0.717, 1.165) is 31.2 Å². The SMILES string of the molecule is COC(=O)C12CCCCC1(c1ccccc1)O2. The van der Waals surface area contributed by atoms with E-state index in [-0.39, 0.29) is 5.97 Å². The van der Waals surface area contributed by atoms with Crippen molar-refractivity contribution in [2.24, 2.45) is 0 Å². The van der Waals surface area contributed by atoms with Crippen LogP contribution in [0.25, 0.3) is 0 Å². The molecule has 3 rings (SSSR count). The number of esters is 1. The Morgan fingerprint density at radius 1 is 1.24 bits per heavy atom. The Labute approximate surface area is 101 Å². The molecule has 1 aromatic carbocycles. The third kappa shape index (κ3) is 1.29. The Morgan fingerprint density at radius 2 is 1.94 bits per heavy atom. The van der Waals surface area contributed by atoms with Crippen molar-refractivity contribution in [3.8, 4) is 0 Å². The number of epoxide rings is 1. The smallest absolute Gasteiger partial charge is 0.341 e. The zero-order valence-electron chi connectivity index (χ0n) is 9.94. The van der Waals surface area contributed by atoms with Crippen molar-refractivity contribution in [3.63, 3.8) is 0 Å². The molecule has 0 bridgehead atoms. The average molecular weight is 232 g/mol. The van der Waals surface area contributed by atoms with Gasteiger partial charge in [0.25, 0.3) is 0 Å². The summed E-state index contributed by atoms with van der Waals surface area (Å²) in [5, 5.41) is 0. The molecule has 1 saturated heterocycles. The van der Waals surface area contributed by atoms with Crippen LogP contribution in [0.2, 0.25) is 0 Å². The standard InChI is InChI=1S/C14H16O3/c1-16-12(15)14-10-6-5-9-13(14,17-14)11-7-3-2-4-8-11/h2-4,7-8H,5-6,9-10H2,1H3. The van der Waals surface area contributed by atoms with E-state index in [1.807, 2.05) is 30.3 Å². The van der Waals surface area contributed by atoms with Gasteiger partial charge in [0, 0.05) is 0 Å². The van der Waals surface area contributed by atoms with Crippen LogP contribution in [0.5, 0.6) is 0 Å². The summed E-state index contributed by atoms with van der Waals surface area (Å²) in [5.41, 5.74) is -0.0221. The first-order chi connectivity index (χ1) is 8.25. The van der Waals surface area contributed by atoms with E-state index in [2.05, 4.69) is 0 Å². The first kappa shape index (κ1) is 10.8. The zero-order valence-corrected chi connectivity index (χ0v) is 9.94. The lowest BCUT2D eigenvalue weighted by Gasteiger charge is -2.23. The van der Waals surface area contributed by atoms with Crippen LogP contribution in [0.1, 0.15) is 31.2 Å². The summed E-state index contributed by atoms with van der Waals surface area (Å²) in [7, 11) is 1.43. The van der Waals surface area contributed by atoms with Crippen LogP contribution in [0, 0.1) is 0 Å². The Bertz CT molecular complexity index is 442. The zero-order chi connectivity index (χ0) is 11.9. The molecule has 2 atom stereocenters. The van der Waals surface area contributed by atoms with Gasteiger partial charge in [-0.2, -0.15) is 0 Å². The van der Waals surface area contributed by atoms with Gasteiger partial charge in [-0.15, -0.1) is 0 Å². The molecule has 2 aliphatic rings. The monoisotopic (exact) mass is 232 g/mol. The fourth-order valence-corrected chi connectivity index (χ4v) is 3.14. The van der Waals surface area contributed by atoms with Gasteiger partial charge in [-0.25, -0.2) is 4.79 Å². The number of ether oxygens (including phenoxy) is 2. The molecule has 0 aromatic heterocycles. The van der Waals surface area contributed by atoms with Gasteiger partial charge in [0.2, 0.25) is 0 Å². The fourth-order valence-electron chi connectivity index (χ4n) is 3.14. The van der Waals surface area contributed by atoms with Crippen molar-refractivity contribution in [2.75, 3.05) is 7.11 Å². The van der Waals surface area contributed by atoms with Crippen LogP contribution >= 0.6 is 0 Å². The Kier molecular flexibility index (Phi) is 2.26. The van der Waals surface area contributed by atoms with E-state index in [1.54, 1.807) is 0 Å². The molecule has 0 spiro atoms. The lowest BCUT2D eigenvalue weighted by atomic mass is 9.75. The highest BCUT2D eigenvalue weighted by Crippen LogP contribution is 2.64. The van der Waals surface area contributed by atoms with Gasteiger partial charge in [0.1, 0.15) is 5.60 Å². The van der Waals surface area contributed by atoms with Crippen LogP contribution in [-0.2, 0) is 19.9 Å². The number of hydrogen-bond donors (Lipinski definition) is 0. The number of carbonyl (C=O) groups is 1. The number of benzene rings is 1. The number of rotatable bonds is 2. The second-order valence-electron chi connectivity index (χ2n) is 4.82. The summed E-state index contributed by atoms with van der Waals surface area (Å²) in [6, 6.07) is 10.0. The van der Waals surface area contributed by atoms with Gasteiger partial charge in [0.15, 0.2) is 5.60 Å². The quantitative estimate of drug-likeness (QED) is 0.580.